The molecule has 0 aliphatic heterocycles. The number of aryl methyl sites for hydroxylation is 2. The molecule has 0 fully saturated rings. The van der Waals surface area contributed by atoms with E-state index in [2.05, 4.69) is 32.4 Å². The van der Waals surface area contributed by atoms with Crippen LogP contribution in [0.25, 0.3) is 0 Å². The van der Waals surface area contributed by atoms with E-state index in [-0.39, 0.29) is 5.56 Å². The van der Waals surface area contributed by atoms with Gasteiger partial charge in [0, 0.05) is 12.7 Å². The van der Waals surface area contributed by atoms with Gasteiger partial charge in [-0.3, -0.25) is 9.36 Å². The second-order valence-electron chi connectivity index (χ2n) is 3.49. The molecular weight excluding hydrogens is 288 g/mol. The van der Waals surface area contributed by atoms with E-state index in [9.17, 15) is 4.79 Å². The van der Waals surface area contributed by atoms with Gasteiger partial charge in [0.1, 0.15) is 10.3 Å². The second-order valence-corrected chi connectivity index (χ2v) is 5.13. The summed E-state index contributed by atoms with van der Waals surface area (Å²) in [6.45, 7) is 2.52. The average Bonchev–Trinajstić information content (AvgIpc) is 2.77. The summed E-state index contributed by atoms with van der Waals surface area (Å²) >= 11 is 4.88. The van der Waals surface area contributed by atoms with E-state index in [1.54, 1.807) is 22.1 Å². The summed E-state index contributed by atoms with van der Waals surface area (Å²) in [5.74, 6) is 0.753. The van der Waals surface area contributed by atoms with Crippen LogP contribution in [0.3, 0.4) is 0 Å². The predicted octanol–water partition coefficient (Wildman–Crippen LogP) is 2.62. The first-order valence-corrected chi connectivity index (χ1v) is 6.65. The molecule has 84 valence electrons. The largest absolute Gasteiger partial charge is 0.296 e. The van der Waals surface area contributed by atoms with Crippen LogP contribution in [0.5, 0.6) is 0 Å². The summed E-state index contributed by atoms with van der Waals surface area (Å²) < 4.78 is 2.21. The van der Waals surface area contributed by atoms with Crippen molar-refractivity contribution in [2.75, 3.05) is 0 Å². The van der Waals surface area contributed by atoms with Crippen LogP contribution in [0.15, 0.2) is 32.3 Å². The Bertz CT molecular complexity index is 533. The Hall–Kier alpha value is -0.940. The molecule has 0 N–H and O–H groups in total. The van der Waals surface area contributed by atoms with E-state index in [0.29, 0.717) is 11.0 Å². The van der Waals surface area contributed by atoms with Crippen molar-refractivity contribution in [3.8, 4) is 0 Å². The summed E-state index contributed by atoms with van der Waals surface area (Å²) in [4.78, 5) is 16.0. The molecule has 0 saturated carbocycles. The summed E-state index contributed by atoms with van der Waals surface area (Å²) in [5, 5.41) is 4.15. The van der Waals surface area contributed by atoms with Crippen molar-refractivity contribution in [3.63, 3.8) is 0 Å². The standard InChI is InChI=1S/C11H11BrN2OS/c1-8-13-6-10(12)11(15)14(8)4-2-9-3-5-16-7-9/h3,5-7H,2,4H2,1H3. The molecule has 0 aliphatic rings. The maximum absolute atomic E-state index is 11.8. The van der Waals surface area contributed by atoms with Crippen molar-refractivity contribution >= 4 is 27.3 Å². The average molecular weight is 299 g/mol. The van der Waals surface area contributed by atoms with Gasteiger partial charge in [0.05, 0.1) is 0 Å². The van der Waals surface area contributed by atoms with E-state index >= 15 is 0 Å². The molecular formula is C11H11BrN2OS. The number of nitrogens with zero attached hydrogens (tertiary/aromatic N) is 2. The van der Waals surface area contributed by atoms with Crippen LogP contribution >= 0.6 is 27.3 Å². The van der Waals surface area contributed by atoms with Gasteiger partial charge in [-0.1, -0.05) is 0 Å². The Morgan fingerprint density at radius 2 is 2.38 bits per heavy atom. The smallest absolute Gasteiger partial charge is 0.267 e. The molecule has 2 rings (SSSR count). The molecule has 0 amide bonds. The third-order valence-electron chi connectivity index (χ3n) is 2.41. The monoisotopic (exact) mass is 298 g/mol. The highest BCUT2D eigenvalue weighted by Gasteiger charge is 2.05. The lowest BCUT2D eigenvalue weighted by Gasteiger charge is -2.08. The lowest BCUT2D eigenvalue weighted by molar-refractivity contribution is 0.627. The van der Waals surface area contributed by atoms with E-state index in [0.717, 1.165) is 12.2 Å². The maximum atomic E-state index is 11.8. The normalized spacial score (nSPS) is 10.6. The first kappa shape index (κ1) is 11.5. The molecule has 5 heteroatoms. The molecule has 0 radical (unpaired) electrons. The first-order valence-electron chi connectivity index (χ1n) is 4.91. The topological polar surface area (TPSA) is 34.9 Å². The third kappa shape index (κ3) is 2.41. The number of rotatable bonds is 3. The van der Waals surface area contributed by atoms with E-state index < -0.39 is 0 Å². The van der Waals surface area contributed by atoms with Crippen molar-refractivity contribution in [2.45, 2.75) is 19.9 Å². The fourth-order valence-corrected chi connectivity index (χ4v) is 2.51. The minimum Gasteiger partial charge on any atom is -0.296 e. The Kier molecular flexibility index (Phi) is 3.56. The Morgan fingerprint density at radius 1 is 1.56 bits per heavy atom. The van der Waals surface area contributed by atoms with Gasteiger partial charge in [0.2, 0.25) is 0 Å². The zero-order valence-electron chi connectivity index (χ0n) is 8.81. The van der Waals surface area contributed by atoms with Crippen molar-refractivity contribution < 1.29 is 0 Å². The van der Waals surface area contributed by atoms with Gasteiger partial charge >= 0.3 is 0 Å². The molecule has 3 nitrogen and oxygen atoms in total. The van der Waals surface area contributed by atoms with Crippen LogP contribution in [-0.4, -0.2) is 9.55 Å². The van der Waals surface area contributed by atoms with Crippen LogP contribution < -0.4 is 5.56 Å². The Morgan fingerprint density at radius 3 is 3.06 bits per heavy atom. The van der Waals surface area contributed by atoms with Crippen molar-refractivity contribution in [2.24, 2.45) is 0 Å². The SMILES string of the molecule is Cc1ncc(Br)c(=O)n1CCc1ccsc1. The molecule has 0 atom stereocenters. The molecule has 2 aromatic heterocycles. The minimum atomic E-state index is -0.0114. The van der Waals surface area contributed by atoms with Crippen molar-refractivity contribution in [1.29, 1.82) is 0 Å². The highest BCUT2D eigenvalue weighted by molar-refractivity contribution is 9.10. The molecule has 0 unspecified atom stereocenters. The molecule has 0 bridgehead atoms. The van der Waals surface area contributed by atoms with Crippen molar-refractivity contribution in [3.05, 3.63) is 49.2 Å². The quantitative estimate of drug-likeness (QED) is 0.873. The van der Waals surface area contributed by atoms with Gasteiger partial charge in [-0.05, 0) is 51.7 Å². The maximum Gasteiger partial charge on any atom is 0.267 e. The van der Waals surface area contributed by atoms with Gasteiger partial charge in [-0.15, -0.1) is 0 Å². The number of hydrogen-bond acceptors (Lipinski definition) is 3. The molecule has 0 aliphatic carbocycles. The van der Waals surface area contributed by atoms with Gasteiger partial charge in [-0.25, -0.2) is 4.98 Å². The summed E-state index contributed by atoms with van der Waals surface area (Å²) in [7, 11) is 0. The number of thiophene rings is 1. The third-order valence-corrected chi connectivity index (χ3v) is 3.68. The molecule has 0 spiro atoms. The highest BCUT2D eigenvalue weighted by atomic mass is 79.9. The van der Waals surface area contributed by atoms with E-state index in [1.807, 2.05) is 12.3 Å². The minimum absolute atomic E-state index is 0.0114. The van der Waals surface area contributed by atoms with Gasteiger partial charge in [-0.2, -0.15) is 11.3 Å². The lowest BCUT2D eigenvalue weighted by atomic mass is 10.2. The molecule has 0 aromatic carbocycles. The van der Waals surface area contributed by atoms with Gasteiger partial charge in [0.25, 0.3) is 5.56 Å². The number of halogens is 1. The zero-order valence-corrected chi connectivity index (χ0v) is 11.2. The van der Waals surface area contributed by atoms with Crippen LogP contribution in [0.1, 0.15) is 11.4 Å². The Balaban J connectivity index is 2.21. The summed E-state index contributed by atoms with van der Waals surface area (Å²) in [6, 6.07) is 2.08. The second kappa shape index (κ2) is 4.93. The van der Waals surface area contributed by atoms with E-state index in [1.165, 1.54) is 5.56 Å². The van der Waals surface area contributed by atoms with Crippen LogP contribution in [0.2, 0.25) is 0 Å². The fourth-order valence-electron chi connectivity index (χ4n) is 1.49. The molecule has 0 saturated heterocycles. The van der Waals surface area contributed by atoms with Crippen molar-refractivity contribution in [1.82, 2.24) is 9.55 Å². The van der Waals surface area contributed by atoms with Gasteiger partial charge in [0.15, 0.2) is 0 Å². The Labute approximate surface area is 106 Å². The fraction of sp³-hybridized carbons (Fsp3) is 0.273. The predicted molar refractivity (Wildman–Crippen MR) is 69.0 cm³/mol. The molecule has 16 heavy (non-hydrogen) atoms. The number of aromatic nitrogens is 2. The molecule has 2 aromatic rings. The van der Waals surface area contributed by atoms with Gasteiger partial charge < -0.3 is 0 Å². The lowest BCUT2D eigenvalue weighted by Crippen LogP contribution is -2.24. The highest BCUT2D eigenvalue weighted by Crippen LogP contribution is 2.08. The zero-order chi connectivity index (χ0) is 11.5. The number of hydrogen-bond donors (Lipinski definition) is 0. The van der Waals surface area contributed by atoms with Crippen LogP contribution in [-0.2, 0) is 13.0 Å². The van der Waals surface area contributed by atoms with Crippen LogP contribution in [0, 0.1) is 6.92 Å². The van der Waals surface area contributed by atoms with Crippen LogP contribution in [0.4, 0.5) is 0 Å². The molecule has 2 heterocycles. The van der Waals surface area contributed by atoms with E-state index in [4.69, 9.17) is 0 Å². The summed E-state index contributed by atoms with van der Waals surface area (Å²) in [5.41, 5.74) is 1.25. The first-order chi connectivity index (χ1) is 7.68. The summed E-state index contributed by atoms with van der Waals surface area (Å²) in [6.07, 6.45) is 2.42.